The Morgan fingerprint density at radius 2 is 2.36 bits per heavy atom. The number of nitrogens with two attached hydrogens (primary N) is 1. The molecular formula is C5H5N3O3. The first-order valence-electron chi connectivity index (χ1n) is 2.70. The summed E-state index contributed by atoms with van der Waals surface area (Å²) in [7, 11) is 0. The molecule has 4 N–H and O–H groups in total. The highest BCUT2D eigenvalue weighted by Gasteiger charge is 2.03. The molecule has 0 saturated heterocycles. The van der Waals surface area contributed by atoms with Gasteiger partial charge >= 0.3 is 0 Å². The monoisotopic (exact) mass is 155 g/mol. The number of hydrogen-bond acceptors (Lipinski definition) is 4. The molecule has 0 aliphatic carbocycles. The lowest BCUT2D eigenvalue weighted by atomic mass is 10.5. The number of amides is 1. The largest absolute Gasteiger partial charge is 0.493 e. The van der Waals surface area contributed by atoms with Crippen LogP contribution in [0.1, 0.15) is 10.6 Å². The Hall–Kier alpha value is -1.85. The molecule has 0 aliphatic rings. The van der Waals surface area contributed by atoms with Gasteiger partial charge in [0.25, 0.3) is 11.5 Å². The first kappa shape index (κ1) is 7.26. The number of nitrogens with zero attached hydrogens (tertiary/aromatic N) is 1. The van der Waals surface area contributed by atoms with E-state index in [9.17, 15) is 9.59 Å². The Kier molecular flexibility index (Phi) is 1.59. The molecule has 1 rings (SSSR count). The average Bonchev–Trinajstić information content (AvgIpc) is 1.85. The number of primary amides is 1. The Bertz CT molecular complexity index is 343. The van der Waals surface area contributed by atoms with Crippen molar-refractivity contribution in [3.8, 4) is 5.88 Å². The Balaban J connectivity index is 3.30. The quantitative estimate of drug-likeness (QED) is 0.462. The van der Waals surface area contributed by atoms with Crippen LogP contribution < -0.4 is 11.3 Å². The summed E-state index contributed by atoms with van der Waals surface area (Å²) >= 11 is 0. The minimum absolute atomic E-state index is 0.352. The molecule has 0 aromatic carbocycles. The smallest absolute Gasteiger partial charge is 0.284 e. The first-order chi connectivity index (χ1) is 5.09. The number of aromatic nitrogens is 2. The van der Waals surface area contributed by atoms with Gasteiger partial charge in [-0.15, -0.1) is 0 Å². The van der Waals surface area contributed by atoms with E-state index in [1.807, 2.05) is 4.98 Å². The number of hydrogen-bond donors (Lipinski definition) is 3. The van der Waals surface area contributed by atoms with E-state index in [2.05, 4.69) is 4.98 Å². The summed E-state index contributed by atoms with van der Waals surface area (Å²) in [6.45, 7) is 0. The van der Waals surface area contributed by atoms with Crippen molar-refractivity contribution < 1.29 is 9.90 Å². The minimum Gasteiger partial charge on any atom is -0.493 e. The molecule has 1 aromatic heterocycles. The second-order valence-corrected chi connectivity index (χ2v) is 1.82. The van der Waals surface area contributed by atoms with Gasteiger partial charge in [0, 0.05) is 0 Å². The zero-order valence-electron chi connectivity index (χ0n) is 5.37. The summed E-state index contributed by atoms with van der Waals surface area (Å²) in [5.41, 5.74) is 4.15. The fraction of sp³-hybridized carbons (Fsp3) is 0. The molecule has 0 aliphatic heterocycles. The predicted molar refractivity (Wildman–Crippen MR) is 35.0 cm³/mol. The molecule has 1 heterocycles. The van der Waals surface area contributed by atoms with Gasteiger partial charge in [-0.25, -0.2) is 0 Å². The zero-order chi connectivity index (χ0) is 8.43. The van der Waals surface area contributed by atoms with Gasteiger partial charge in [-0.2, -0.15) is 4.98 Å². The number of rotatable bonds is 1. The Morgan fingerprint density at radius 1 is 1.73 bits per heavy atom. The SMILES string of the molecule is NC(=O)c1nc(O)cc(=O)[nH]1. The van der Waals surface area contributed by atoms with E-state index in [-0.39, 0.29) is 5.82 Å². The van der Waals surface area contributed by atoms with Crippen molar-refractivity contribution in [3.63, 3.8) is 0 Å². The lowest BCUT2D eigenvalue weighted by Crippen LogP contribution is -2.20. The van der Waals surface area contributed by atoms with Gasteiger partial charge in [0.1, 0.15) is 0 Å². The van der Waals surface area contributed by atoms with E-state index in [4.69, 9.17) is 10.8 Å². The highest BCUT2D eigenvalue weighted by molar-refractivity contribution is 5.88. The summed E-state index contributed by atoms with van der Waals surface area (Å²) in [6, 6.07) is 0.840. The Morgan fingerprint density at radius 3 is 2.82 bits per heavy atom. The molecule has 6 heteroatoms. The van der Waals surface area contributed by atoms with E-state index in [1.165, 1.54) is 0 Å². The third-order valence-electron chi connectivity index (χ3n) is 0.962. The van der Waals surface area contributed by atoms with E-state index >= 15 is 0 Å². The molecule has 0 fully saturated rings. The number of carbonyl (C=O) groups is 1. The van der Waals surface area contributed by atoms with Crippen molar-refractivity contribution in [3.05, 3.63) is 22.2 Å². The van der Waals surface area contributed by atoms with Crippen LogP contribution >= 0.6 is 0 Å². The number of carbonyl (C=O) groups excluding carboxylic acids is 1. The number of nitrogens with one attached hydrogen (secondary N) is 1. The zero-order valence-corrected chi connectivity index (χ0v) is 5.37. The average molecular weight is 155 g/mol. The van der Waals surface area contributed by atoms with Crippen LogP contribution in [0.25, 0.3) is 0 Å². The summed E-state index contributed by atoms with van der Waals surface area (Å²) in [5.74, 6) is -1.77. The summed E-state index contributed by atoms with van der Waals surface area (Å²) in [4.78, 5) is 26.2. The number of H-pyrrole nitrogens is 1. The van der Waals surface area contributed by atoms with E-state index in [1.54, 1.807) is 0 Å². The maximum absolute atomic E-state index is 10.6. The van der Waals surface area contributed by atoms with Crippen molar-refractivity contribution >= 4 is 5.91 Å². The molecule has 1 aromatic rings. The van der Waals surface area contributed by atoms with Crippen LogP contribution in [0.2, 0.25) is 0 Å². The van der Waals surface area contributed by atoms with Crippen LogP contribution in [0, 0.1) is 0 Å². The highest BCUT2D eigenvalue weighted by atomic mass is 16.3. The molecule has 11 heavy (non-hydrogen) atoms. The second-order valence-electron chi connectivity index (χ2n) is 1.82. The normalized spacial score (nSPS) is 9.45. The van der Waals surface area contributed by atoms with Gasteiger partial charge in [-0.05, 0) is 0 Å². The van der Waals surface area contributed by atoms with Crippen molar-refractivity contribution in [2.75, 3.05) is 0 Å². The van der Waals surface area contributed by atoms with Crippen LogP contribution in [0.3, 0.4) is 0 Å². The van der Waals surface area contributed by atoms with Gasteiger partial charge in [0.2, 0.25) is 11.7 Å². The Labute approximate surface area is 60.7 Å². The van der Waals surface area contributed by atoms with E-state index < -0.39 is 17.3 Å². The molecule has 0 unspecified atom stereocenters. The summed E-state index contributed by atoms with van der Waals surface area (Å²) in [5, 5.41) is 8.70. The molecule has 6 nitrogen and oxygen atoms in total. The molecule has 0 atom stereocenters. The number of aromatic hydroxyl groups is 1. The minimum atomic E-state index is -0.891. The molecular weight excluding hydrogens is 150 g/mol. The van der Waals surface area contributed by atoms with Gasteiger partial charge in [-0.3, -0.25) is 9.59 Å². The van der Waals surface area contributed by atoms with Gasteiger partial charge in [-0.1, -0.05) is 0 Å². The fourth-order valence-corrected chi connectivity index (χ4v) is 0.562. The first-order valence-corrected chi connectivity index (χ1v) is 2.70. The van der Waals surface area contributed by atoms with Crippen molar-refractivity contribution in [1.29, 1.82) is 0 Å². The van der Waals surface area contributed by atoms with Gasteiger partial charge in [0.15, 0.2) is 0 Å². The fourth-order valence-electron chi connectivity index (χ4n) is 0.562. The van der Waals surface area contributed by atoms with Crippen LogP contribution in [0.4, 0.5) is 0 Å². The maximum atomic E-state index is 10.6. The molecule has 0 bridgehead atoms. The van der Waals surface area contributed by atoms with Crippen molar-refractivity contribution in [2.24, 2.45) is 5.73 Å². The van der Waals surface area contributed by atoms with Gasteiger partial charge in [0.05, 0.1) is 6.07 Å². The van der Waals surface area contributed by atoms with Crippen molar-refractivity contribution in [1.82, 2.24) is 9.97 Å². The van der Waals surface area contributed by atoms with Crippen LogP contribution in [0.5, 0.6) is 5.88 Å². The molecule has 58 valence electrons. The second kappa shape index (κ2) is 2.41. The third-order valence-corrected chi connectivity index (χ3v) is 0.962. The molecule has 0 spiro atoms. The van der Waals surface area contributed by atoms with Crippen molar-refractivity contribution in [2.45, 2.75) is 0 Å². The lowest BCUT2D eigenvalue weighted by Gasteiger charge is -1.93. The van der Waals surface area contributed by atoms with E-state index in [0.717, 1.165) is 6.07 Å². The number of aromatic amines is 1. The standard InChI is InChI=1S/C5H5N3O3/c6-4(11)5-7-2(9)1-3(10)8-5/h1H,(H2,6,11)(H2,7,8,9,10). The maximum Gasteiger partial charge on any atom is 0.284 e. The molecule has 0 radical (unpaired) electrons. The third kappa shape index (κ3) is 1.54. The van der Waals surface area contributed by atoms with Crippen LogP contribution in [-0.4, -0.2) is 21.0 Å². The lowest BCUT2D eigenvalue weighted by molar-refractivity contribution is 0.0989. The van der Waals surface area contributed by atoms with Crippen LogP contribution in [-0.2, 0) is 0 Å². The summed E-state index contributed by atoms with van der Waals surface area (Å²) < 4.78 is 0. The molecule has 1 amide bonds. The molecule has 0 saturated carbocycles. The topological polar surface area (TPSA) is 109 Å². The summed E-state index contributed by atoms with van der Waals surface area (Å²) in [6.07, 6.45) is 0. The van der Waals surface area contributed by atoms with Crippen LogP contribution in [0.15, 0.2) is 10.9 Å². The van der Waals surface area contributed by atoms with Gasteiger partial charge < -0.3 is 15.8 Å². The van der Waals surface area contributed by atoms with E-state index in [0.29, 0.717) is 0 Å². The predicted octanol–water partition coefficient (Wildman–Crippen LogP) is -1.43. The highest BCUT2D eigenvalue weighted by Crippen LogP contribution is 1.96.